The Balaban J connectivity index is 1.07. The maximum atomic E-state index is 6.38. The Kier molecular flexibility index (Phi) is 8.11. The van der Waals surface area contributed by atoms with Crippen molar-refractivity contribution in [3.8, 4) is 33.4 Å². The van der Waals surface area contributed by atoms with E-state index < -0.39 is 5.41 Å². The summed E-state index contributed by atoms with van der Waals surface area (Å²) >= 11 is 0. The van der Waals surface area contributed by atoms with Crippen LogP contribution < -0.4 is 4.90 Å². The molecule has 1 atom stereocenters. The summed E-state index contributed by atoms with van der Waals surface area (Å²) in [5.41, 5.74) is 16.7. The topological polar surface area (TPSA) is 16.4 Å². The van der Waals surface area contributed by atoms with Crippen LogP contribution in [0.5, 0.6) is 0 Å². The molecule has 12 rings (SSSR count). The second-order valence-corrected chi connectivity index (χ2v) is 16.1. The molecular formula is C59H39NO. The average molecular weight is 778 g/mol. The van der Waals surface area contributed by atoms with Gasteiger partial charge in [-0.25, -0.2) is 0 Å². The van der Waals surface area contributed by atoms with E-state index in [2.05, 4.69) is 235 Å². The minimum absolute atomic E-state index is 0.599. The Hall–Kier alpha value is -7.94. The zero-order valence-corrected chi connectivity index (χ0v) is 33.4. The van der Waals surface area contributed by atoms with E-state index in [1.165, 1.54) is 66.4 Å². The van der Waals surface area contributed by atoms with E-state index in [1.54, 1.807) is 0 Å². The van der Waals surface area contributed by atoms with Gasteiger partial charge in [0.1, 0.15) is 11.2 Å². The molecule has 2 heteroatoms. The first kappa shape index (κ1) is 35.0. The van der Waals surface area contributed by atoms with E-state index in [1.807, 2.05) is 6.07 Å². The molecule has 61 heavy (non-hydrogen) atoms. The van der Waals surface area contributed by atoms with Crippen LogP contribution in [0.4, 0.5) is 17.1 Å². The average Bonchev–Trinajstić information content (AvgIpc) is 3.86. The summed E-state index contributed by atoms with van der Waals surface area (Å²) in [6, 6.07) is 86.2. The molecule has 0 spiro atoms. The van der Waals surface area contributed by atoms with Crippen LogP contribution in [0.2, 0.25) is 0 Å². The van der Waals surface area contributed by atoms with Gasteiger partial charge in [-0.3, -0.25) is 0 Å². The molecule has 0 N–H and O–H groups in total. The predicted octanol–water partition coefficient (Wildman–Crippen LogP) is 15.9. The van der Waals surface area contributed by atoms with E-state index in [-0.39, 0.29) is 0 Å². The van der Waals surface area contributed by atoms with Crippen molar-refractivity contribution in [2.45, 2.75) is 5.41 Å². The molecule has 1 aliphatic carbocycles. The number of fused-ring (bicyclic) bond motifs is 7. The van der Waals surface area contributed by atoms with Crippen molar-refractivity contribution >= 4 is 49.8 Å². The van der Waals surface area contributed by atoms with Crippen molar-refractivity contribution in [3.63, 3.8) is 0 Å². The Labute approximate surface area is 355 Å². The van der Waals surface area contributed by atoms with Gasteiger partial charge >= 0.3 is 0 Å². The SMILES string of the molecule is c1ccc(-c2ccc(N(c3ccc(-c4ccc5ccccc5c4)cc3)c3ccc4c(c3)C(c3ccccc3)(c3ccc5oc6ccccc6c5c3)c3ccccc3-4)cc2)cc1. The molecule has 10 aromatic carbocycles. The monoisotopic (exact) mass is 777 g/mol. The molecule has 286 valence electrons. The summed E-state index contributed by atoms with van der Waals surface area (Å²) in [7, 11) is 0. The molecule has 0 radical (unpaired) electrons. The van der Waals surface area contributed by atoms with Crippen molar-refractivity contribution < 1.29 is 4.42 Å². The Morgan fingerprint density at radius 3 is 1.67 bits per heavy atom. The molecule has 11 aromatic rings. The Morgan fingerprint density at radius 1 is 0.311 bits per heavy atom. The number of nitrogens with zero attached hydrogens (tertiary/aromatic N) is 1. The van der Waals surface area contributed by atoms with Crippen molar-refractivity contribution in [1.82, 2.24) is 0 Å². The highest BCUT2D eigenvalue weighted by molar-refractivity contribution is 6.05. The fourth-order valence-electron chi connectivity index (χ4n) is 9.90. The van der Waals surface area contributed by atoms with E-state index in [0.29, 0.717) is 0 Å². The summed E-state index contributed by atoms with van der Waals surface area (Å²) in [5, 5.41) is 4.74. The zero-order valence-electron chi connectivity index (χ0n) is 33.4. The van der Waals surface area contributed by atoms with Crippen LogP contribution in [0.3, 0.4) is 0 Å². The molecule has 0 amide bonds. The highest BCUT2D eigenvalue weighted by Crippen LogP contribution is 2.58. The molecule has 0 saturated carbocycles. The van der Waals surface area contributed by atoms with Crippen LogP contribution in [-0.2, 0) is 5.41 Å². The lowest BCUT2D eigenvalue weighted by Gasteiger charge is -2.35. The largest absolute Gasteiger partial charge is 0.456 e. The molecule has 0 saturated heterocycles. The predicted molar refractivity (Wildman–Crippen MR) is 254 cm³/mol. The molecule has 1 unspecified atom stereocenters. The molecule has 1 heterocycles. The maximum Gasteiger partial charge on any atom is 0.135 e. The number of benzene rings is 10. The number of rotatable bonds is 7. The number of hydrogen-bond donors (Lipinski definition) is 0. The summed E-state index contributed by atoms with van der Waals surface area (Å²) in [6.07, 6.45) is 0. The summed E-state index contributed by atoms with van der Waals surface area (Å²) in [6.45, 7) is 0. The first-order chi connectivity index (χ1) is 30.2. The van der Waals surface area contributed by atoms with Crippen molar-refractivity contribution in [2.75, 3.05) is 4.90 Å². The van der Waals surface area contributed by atoms with Gasteiger partial charge in [0.05, 0.1) is 5.41 Å². The maximum absolute atomic E-state index is 6.38. The standard InChI is InChI=1S/C59H39NO/c1-3-13-40(14-4-1)42-25-30-48(31-26-42)60(49-32-27-43(28-33-49)45-24-23-41-15-7-8-16-44(41)37-45)50-34-35-52-51-19-9-11-21-55(51)59(56(52)39-50,46-17-5-2-6-18-46)47-29-36-58-54(38-47)53-20-10-12-22-57(53)61-58/h1-39H. The molecule has 0 fully saturated rings. The van der Waals surface area contributed by atoms with Gasteiger partial charge in [-0.15, -0.1) is 0 Å². The van der Waals surface area contributed by atoms with Gasteiger partial charge in [-0.05, 0) is 127 Å². The third-order valence-electron chi connectivity index (χ3n) is 12.7. The van der Waals surface area contributed by atoms with Crippen LogP contribution in [0.15, 0.2) is 241 Å². The molecule has 0 aliphatic heterocycles. The van der Waals surface area contributed by atoms with Gasteiger partial charge in [-0.2, -0.15) is 0 Å². The first-order valence-corrected chi connectivity index (χ1v) is 21.0. The molecule has 2 nitrogen and oxygen atoms in total. The minimum Gasteiger partial charge on any atom is -0.456 e. The summed E-state index contributed by atoms with van der Waals surface area (Å²) in [5.74, 6) is 0. The quantitative estimate of drug-likeness (QED) is 0.160. The zero-order chi connectivity index (χ0) is 40.3. The molecular weight excluding hydrogens is 739 g/mol. The summed E-state index contributed by atoms with van der Waals surface area (Å²) < 4.78 is 6.38. The Bertz CT molecular complexity index is 3400. The van der Waals surface area contributed by atoms with Gasteiger partial charge in [0, 0.05) is 27.8 Å². The van der Waals surface area contributed by atoms with Gasteiger partial charge in [0.2, 0.25) is 0 Å². The minimum atomic E-state index is -0.599. The lowest BCUT2D eigenvalue weighted by atomic mass is 9.67. The second kappa shape index (κ2) is 14.1. The number of anilines is 3. The van der Waals surface area contributed by atoms with Crippen LogP contribution in [0.1, 0.15) is 22.3 Å². The van der Waals surface area contributed by atoms with Gasteiger partial charge < -0.3 is 9.32 Å². The number of hydrogen-bond acceptors (Lipinski definition) is 2. The van der Waals surface area contributed by atoms with Crippen LogP contribution in [0, 0.1) is 0 Å². The van der Waals surface area contributed by atoms with Crippen molar-refractivity contribution in [3.05, 3.63) is 259 Å². The van der Waals surface area contributed by atoms with E-state index in [0.717, 1.165) is 39.0 Å². The van der Waals surface area contributed by atoms with Gasteiger partial charge in [0.15, 0.2) is 0 Å². The third kappa shape index (κ3) is 5.64. The fourth-order valence-corrected chi connectivity index (χ4v) is 9.90. The van der Waals surface area contributed by atoms with Gasteiger partial charge in [-0.1, -0.05) is 176 Å². The first-order valence-electron chi connectivity index (χ1n) is 21.0. The highest BCUT2D eigenvalue weighted by Gasteiger charge is 2.46. The lowest BCUT2D eigenvalue weighted by Crippen LogP contribution is -2.28. The summed E-state index contributed by atoms with van der Waals surface area (Å²) in [4.78, 5) is 2.41. The second-order valence-electron chi connectivity index (χ2n) is 16.1. The van der Waals surface area contributed by atoms with Crippen LogP contribution in [0.25, 0.3) is 66.1 Å². The Morgan fingerprint density at radius 2 is 0.885 bits per heavy atom. The normalized spacial score (nSPS) is 14.3. The van der Waals surface area contributed by atoms with Crippen molar-refractivity contribution in [2.24, 2.45) is 0 Å². The lowest BCUT2D eigenvalue weighted by molar-refractivity contribution is 0.668. The molecule has 1 aromatic heterocycles. The number of para-hydroxylation sites is 1. The van der Waals surface area contributed by atoms with Crippen LogP contribution in [-0.4, -0.2) is 0 Å². The van der Waals surface area contributed by atoms with E-state index >= 15 is 0 Å². The van der Waals surface area contributed by atoms with E-state index in [9.17, 15) is 0 Å². The molecule has 1 aliphatic rings. The van der Waals surface area contributed by atoms with Crippen molar-refractivity contribution in [1.29, 1.82) is 0 Å². The fraction of sp³-hybridized carbons (Fsp3) is 0.0169. The third-order valence-corrected chi connectivity index (χ3v) is 12.7. The van der Waals surface area contributed by atoms with Gasteiger partial charge in [0.25, 0.3) is 0 Å². The smallest absolute Gasteiger partial charge is 0.135 e. The highest BCUT2D eigenvalue weighted by atomic mass is 16.3. The molecule has 0 bridgehead atoms. The number of furan rings is 1. The van der Waals surface area contributed by atoms with E-state index in [4.69, 9.17) is 4.42 Å². The van der Waals surface area contributed by atoms with Crippen LogP contribution >= 0.6 is 0 Å².